The van der Waals surface area contributed by atoms with Gasteiger partial charge in [-0.1, -0.05) is 11.6 Å². The lowest BCUT2D eigenvalue weighted by atomic mass is 10.2. The smallest absolute Gasteiger partial charge is 0.394 e. The zero-order valence-corrected chi connectivity index (χ0v) is 12.3. The standard InChI is InChI=1S/C14H11ClF3N5/c15-7-1-2-9-8(3-7)13-10(4-21-9)22-12(23-13)6-20-5-11(19)14(16,17)18/h1-5,20H,6,19H2,(H,22,23)/b11-5-. The Hall–Kier alpha value is -2.48. The summed E-state index contributed by atoms with van der Waals surface area (Å²) in [6, 6.07) is 5.26. The van der Waals surface area contributed by atoms with Crippen LogP contribution < -0.4 is 11.1 Å². The molecule has 9 heteroatoms. The highest BCUT2D eigenvalue weighted by Gasteiger charge is 2.31. The van der Waals surface area contributed by atoms with Crippen LogP contribution in [-0.2, 0) is 6.54 Å². The minimum atomic E-state index is -4.56. The number of hydrogen-bond acceptors (Lipinski definition) is 4. The molecule has 0 saturated carbocycles. The number of imidazole rings is 1. The molecule has 2 aromatic heterocycles. The fraction of sp³-hybridized carbons (Fsp3) is 0.143. The number of aromatic amines is 1. The zero-order chi connectivity index (χ0) is 16.6. The summed E-state index contributed by atoms with van der Waals surface area (Å²) in [7, 11) is 0. The summed E-state index contributed by atoms with van der Waals surface area (Å²) in [6.45, 7) is 0.0630. The van der Waals surface area contributed by atoms with Gasteiger partial charge in [0.05, 0.1) is 23.8 Å². The number of nitrogens with one attached hydrogen (secondary N) is 2. The Kier molecular flexibility index (Phi) is 3.77. The van der Waals surface area contributed by atoms with E-state index < -0.39 is 11.9 Å². The van der Waals surface area contributed by atoms with Crippen molar-refractivity contribution in [3.05, 3.63) is 47.1 Å². The van der Waals surface area contributed by atoms with Gasteiger partial charge in [0, 0.05) is 16.6 Å². The number of H-pyrrole nitrogens is 1. The first kappa shape index (κ1) is 15.4. The van der Waals surface area contributed by atoms with Crippen LogP contribution in [0.1, 0.15) is 5.82 Å². The van der Waals surface area contributed by atoms with E-state index in [1.165, 1.54) is 0 Å². The predicted molar refractivity (Wildman–Crippen MR) is 81.6 cm³/mol. The third-order valence-corrected chi connectivity index (χ3v) is 3.42. The first-order chi connectivity index (χ1) is 10.8. The lowest BCUT2D eigenvalue weighted by molar-refractivity contribution is -0.0930. The average Bonchev–Trinajstić information content (AvgIpc) is 2.89. The number of halogens is 4. The highest BCUT2D eigenvalue weighted by Crippen LogP contribution is 2.25. The summed E-state index contributed by atoms with van der Waals surface area (Å²) in [4.78, 5) is 11.6. The Balaban J connectivity index is 1.89. The van der Waals surface area contributed by atoms with E-state index in [1.54, 1.807) is 24.4 Å². The van der Waals surface area contributed by atoms with Crippen molar-refractivity contribution in [1.82, 2.24) is 20.3 Å². The van der Waals surface area contributed by atoms with Crippen LogP contribution in [0.15, 0.2) is 36.3 Å². The van der Waals surface area contributed by atoms with Gasteiger partial charge >= 0.3 is 6.18 Å². The van der Waals surface area contributed by atoms with Crippen LogP contribution in [0.2, 0.25) is 5.02 Å². The highest BCUT2D eigenvalue weighted by molar-refractivity contribution is 6.31. The zero-order valence-electron chi connectivity index (χ0n) is 11.6. The molecule has 0 fully saturated rings. The van der Waals surface area contributed by atoms with Gasteiger partial charge in [-0.3, -0.25) is 4.98 Å². The van der Waals surface area contributed by atoms with E-state index in [9.17, 15) is 13.2 Å². The van der Waals surface area contributed by atoms with Gasteiger partial charge in [-0.2, -0.15) is 13.2 Å². The van der Waals surface area contributed by atoms with Crippen molar-refractivity contribution in [2.45, 2.75) is 12.7 Å². The fourth-order valence-corrected chi connectivity index (χ4v) is 2.28. The van der Waals surface area contributed by atoms with Gasteiger partial charge < -0.3 is 16.0 Å². The molecule has 0 saturated heterocycles. The molecule has 23 heavy (non-hydrogen) atoms. The van der Waals surface area contributed by atoms with E-state index in [0.29, 0.717) is 22.6 Å². The van der Waals surface area contributed by atoms with E-state index in [1.807, 2.05) is 0 Å². The molecule has 0 unspecified atom stereocenters. The number of nitrogens with zero attached hydrogens (tertiary/aromatic N) is 2. The van der Waals surface area contributed by atoms with Gasteiger partial charge in [0.1, 0.15) is 17.0 Å². The molecule has 0 radical (unpaired) electrons. The molecule has 0 amide bonds. The molecule has 1 aromatic carbocycles. The Morgan fingerprint density at radius 3 is 2.87 bits per heavy atom. The molecule has 4 N–H and O–H groups in total. The number of aromatic nitrogens is 3. The summed E-state index contributed by atoms with van der Waals surface area (Å²) in [5.41, 5.74) is 5.77. The van der Waals surface area contributed by atoms with E-state index in [-0.39, 0.29) is 6.54 Å². The Bertz CT molecular complexity index is 900. The van der Waals surface area contributed by atoms with Crippen molar-refractivity contribution < 1.29 is 13.2 Å². The third-order valence-electron chi connectivity index (χ3n) is 3.19. The summed E-state index contributed by atoms with van der Waals surface area (Å²) in [5.74, 6) is 0.459. The summed E-state index contributed by atoms with van der Waals surface area (Å²) in [5, 5.41) is 3.83. The van der Waals surface area contributed by atoms with Gasteiger partial charge in [0.15, 0.2) is 0 Å². The average molecular weight is 342 g/mol. The molecule has 5 nitrogen and oxygen atoms in total. The topological polar surface area (TPSA) is 79.6 Å². The number of benzene rings is 1. The normalized spacial score (nSPS) is 13.0. The summed E-state index contributed by atoms with van der Waals surface area (Å²) < 4.78 is 36.8. The third kappa shape index (κ3) is 3.16. The van der Waals surface area contributed by atoms with Gasteiger partial charge in [-0.25, -0.2) is 4.98 Å². The molecule has 0 spiro atoms. The number of fused-ring (bicyclic) bond motifs is 3. The second-order valence-corrected chi connectivity index (χ2v) is 5.28. The maximum Gasteiger partial charge on any atom is 0.432 e. The number of allylic oxidation sites excluding steroid dienone is 1. The Morgan fingerprint density at radius 1 is 1.35 bits per heavy atom. The van der Waals surface area contributed by atoms with Crippen molar-refractivity contribution in [2.75, 3.05) is 0 Å². The molecular formula is C14H11ClF3N5. The fourth-order valence-electron chi connectivity index (χ4n) is 2.11. The van der Waals surface area contributed by atoms with Gasteiger partial charge in [-0.05, 0) is 18.2 Å². The first-order valence-electron chi connectivity index (χ1n) is 6.53. The van der Waals surface area contributed by atoms with Gasteiger partial charge in [0.2, 0.25) is 0 Å². The Labute approximate surface area is 133 Å². The van der Waals surface area contributed by atoms with Crippen LogP contribution in [0.3, 0.4) is 0 Å². The van der Waals surface area contributed by atoms with Gasteiger partial charge in [-0.15, -0.1) is 0 Å². The van der Waals surface area contributed by atoms with E-state index >= 15 is 0 Å². The maximum absolute atomic E-state index is 12.3. The highest BCUT2D eigenvalue weighted by atomic mass is 35.5. The second kappa shape index (κ2) is 5.62. The van der Waals surface area contributed by atoms with Crippen LogP contribution in [0, 0.1) is 0 Å². The van der Waals surface area contributed by atoms with Crippen LogP contribution in [0.25, 0.3) is 21.9 Å². The minimum absolute atomic E-state index is 0.0630. The number of pyridine rings is 1. The van der Waals surface area contributed by atoms with Crippen molar-refractivity contribution in [2.24, 2.45) is 5.73 Å². The monoisotopic (exact) mass is 341 g/mol. The lowest BCUT2D eigenvalue weighted by Crippen LogP contribution is -2.22. The first-order valence-corrected chi connectivity index (χ1v) is 6.91. The minimum Gasteiger partial charge on any atom is -0.394 e. The number of rotatable bonds is 3. The van der Waals surface area contributed by atoms with Crippen molar-refractivity contribution in [3.8, 4) is 0 Å². The quantitative estimate of drug-likeness (QED) is 0.683. The van der Waals surface area contributed by atoms with Crippen molar-refractivity contribution >= 4 is 33.5 Å². The molecule has 0 atom stereocenters. The molecule has 0 aliphatic carbocycles. The maximum atomic E-state index is 12.3. The molecule has 120 valence electrons. The summed E-state index contributed by atoms with van der Waals surface area (Å²) >= 11 is 5.98. The number of nitrogens with two attached hydrogens (primary N) is 1. The molecule has 2 heterocycles. The summed E-state index contributed by atoms with van der Waals surface area (Å²) in [6.07, 6.45) is -2.26. The Morgan fingerprint density at radius 2 is 2.13 bits per heavy atom. The molecule has 0 aliphatic heterocycles. The molecule has 0 aliphatic rings. The number of hydrogen-bond donors (Lipinski definition) is 3. The van der Waals surface area contributed by atoms with E-state index in [2.05, 4.69) is 20.3 Å². The van der Waals surface area contributed by atoms with Crippen LogP contribution in [-0.4, -0.2) is 21.1 Å². The molecular weight excluding hydrogens is 331 g/mol. The second-order valence-electron chi connectivity index (χ2n) is 4.84. The van der Waals surface area contributed by atoms with Crippen molar-refractivity contribution in [1.29, 1.82) is 0 Å². The van der Waals surface area contributed by atoms with E-state index in [0.717, 1.165) is 16.4 Å². The lowest BCUT2D eigenvalue weighted by Gasteiger charge is -2.06. The SMILES string of the molecule is N/C(=C\NCc1nc2cnc3ccc(Cl)cc3c2[nH]1)C(F)(F)F. The van der Waals surface area contributed by atoms with Crippen LogP contribution in [0.5, 0.6) is 0 Å². The molecule has 3 rings (SSSR count). The largest absolute Gasteiger partial charge is 0.432 e. The molecule has 3 aromatic rings. The van der Waals surface area contributed by atoms with Crippen LogP contribution in [0.4, 0.5) is 13.2 Å². The van der Waals surface area contributed by atoms with Crippen LogP contribution >= 0.6 is 11.6 Å². The predicted octanol–water partition coefficient (Wildman–Crippen LogP) is 3.22. The van der Waals surface area contributed by atoms with Crippen molar-refractivity contribution in [3.63, 3.8) is 0 Å². The number of alkyl halides is 3. The van der Waals surface area contributed by atoms with Gasteiger partial charge in [0.25, 0.3) is 0 Å². The molecule has 0 bridgehead atoms. The van der Waals surface area contributed by atoms with E-state index in [4.69, 9.17) is 17.3 Å².